The summed E-state index contributed by atoms with van der Waals surface area (Å²) in [5.74, 6) is -0.508. The van der Waals surface area contributed by atoms with Crippen LogP contribution in [0.15, 0.2) is 61.2 Å². The molecule has 2 fully saturated rings. The van der Waals surface area contributed by atoms with E-state index in [-0.39, 0.29) is 38.4 Å². The van der Waals surface area contributed by atoms with Crippen LogP contribution in [-0.2, 0) is 16.1 Å². The Morgan fingerprint density at radius 2 is 2.03 bits per heavy atom. The molecule has 8 nitrogen and oxygen atoms in total. The third-order valence-corrected chi connectivity index (χ3v) is 5.86. The summed E-state index contributed by atoms with van der Waals surface area (Å²) >= 11 is 0. The van der Waals surface area contributed by atoms with Crippen molar-refractivity contribution in [3.05, 3.63) is 72.6 Å². The number of ether oxygens (including phenoxy) is 2. The first kappa shape index (κ1) is 22.6. The Morgan fingerprint density at radius 1 is 1.24 bits per heavy atom. The number of carbonyl (C=O) groups excluding carboxylic acids is 1. The van der Waals surface area contributed by atoms with Crippen LogP contribution in [0.2, 0.25) is 0 Å². The SMILES string of the molecule is C=CCN(C(=O)OCc1ccccc1)c1ccc(N2CCOC3CN(C(=O)O)CC32)c(F)c1. The number of likely N-dealkylation sites (tertiary alicyclic amines) is 1. The lowest BCUT2D eigenvalue weighted by atomic mass is 10.1. The van der Waals surface area contributed by atoms with Crippen molar-refractivity contribution in [2.75, 3.05) is 42.6 Å². The minimum Gasteiger partial charge on any atom is -0.465 e. The quantitative estimate of drug-likeness (QED) is 0.669. The van der Waals surface area contributed by atoms with Gasteiger partial charge in [-0.3, -0.25) is 4.90 Å². The number of halogens is 1. The first-order valence-electron chi connectivity index (χ1n) is 10.7. The second-order valence-corrected chi connectivity index (χ2v) is 7.93. The molecule has 0 aliphatic carbocycles. The minimum atomic E-state index is -1.02. The van der Waals surface area contributed by atoms with Gasteiger partial charge < -0.3 is 24.4 Å². The topological polar surface area (TPSA) is 82.6 Å². The molecule has 0 aromatic heterocycles. The molecule has 0 bridgehead atoms. The van der Waals surface area contributed by atoms with Crippen molar-refractivity contribution in [3.8, 4) is 0 Å². The van der Waals surface area contributed by atoms with Gasteiger partial charge in [0.25, 0.3) is 0 Å². The molecule has 2 atom stereocenters. The monoisotopic (exact) mass is 455 g/mol. The van der Waals surface area contributed by atoms with Gasteiger partial charge in [-0.15, -0.1) is 6.58 Å². The summed E-state index contributed by atoms with van der Waals surface area (Å²) in [6.07, 6.45) is -0.386. The number of nitrogens with zero attached hydrogens (tertiary/aromatic N) is 3. The van der Waals surface area contributed by atoms with Crippen LogP contribution in [0.4, 0.5) is 25.4 Å². The van der Waals surface area contributed by atoms with Crippen molar-refractivity contribution < 1.29 is 28.6 Å². The maximum atomic E-state index is 15.2. The number of carboxylic acid groups (broad SMARTS) is 1. The van der Waals surface area contributed by atoms with Crippen molar-refractivity contribution >= 4 is 23.6 Å². The van der Waals surface area contributed by atoms with Gasteiger partial charge in [-0.2, -0.15) is 0 Å². The average Bonchev–Trinajstić information content (AvgIpc) is 3.27. The number of hydrogen-bond acceptors (Lipinski definition) is 5. The summed E-state index contributed by atoms with van der Waals surface area (Å²) in [6, 6.07) is 13.6. The van der Waals surface area contributed by atoms with Crippen LogP contribution in [0, 0.1) is 5.82 Å². The highest BCUT2D eigenvalue weighted by Crippen LogP contribution is 2.32. The summed E-state index contributed by atoms with van der Waals surface area (Å²) < 4.78 is 26.4. The molecule has 2 heterocycles. The van der Waals surface area contributed by atoms with Crippen LogP contribution in [0.3, 0.4) is 0 Å². The smallest absolute Gasteiger partial charge is 0.414 e. The predicted octanol–water partition coefficient (Wildman–Crippen LogP) is 3.72. The van der Waals surface area contributed by atoms with Crippen LogP contribution < -0.4 is 9.80 Å². The van der Waals surface area contributed by atoms with E-state index in [2.05, 4.69) is 6.58 Å². The summed E-state index contributed by atoms with van der Waals surface area (Å²) in [5, 5.41) is 9.31. The van der Waals surface area contributed by atoms with Crippen LogP contribution >= 0.6 is 0 Å². The second-order valence-electron chi connectivity index (χ2n) is 7.93. The number of amides is 2. The summed E-state index contributed by atoms with van der Waals surface area (Å²) in [5.41, 5.74) is 1.54. The molecule has 2 aromatic rings. The molecule has 2 unspecified atom stereocenters. The molecule has 2 saturated heterocycles. The van der Waals surface area contributed by atoms with Crippen molar-refractivity contribution in [3.63, 3.8) is 0 Å². The van der Waals surface area contributed by atoms with E-state index >= 15 is 4.39 Å². The van der Waals surface area contributed by atoms with Gasteiger partial charge >= 0.3 is 12.2 Å². The van der Waals surface area contributed by atoms with Crippen LogP contribution in [0.1, 0.15) is 5.56 Å². The van der Waals surface area contributed by atoms with Crippen LogP contribution in [0.5, 0.6) is 0 Å². The van der Waals surface area contributed by atoms with Gasteiger partial charge in [0.2, 0.25) is 0 Å². The van der Waals surface area contributed by atoms with E-state index in [9.17, 15) is 14.7 Å². The molecule has 2 aliphatic heterocycles. The lowest BCUT2D eigenvalue weighted by Crippen LogP contribution is -2.51. The molecule has 2 aliphatic rings. The van der Waals surface area contributed by atoms with Gasteiger partial charge in [-0.25, -0.2) is 14.0 Å². The fourth-order valence-corrected chi connectivity index (χ4v) is 4.25. The molecule has 2 aromatic carbocycles. The van der Waals surface area contributed by atoms with E-state index in [0.29, 0.717) is 24.5 Å². The molecule has 174 valence electrons. The number of rotatable bonds is 6. The summed E-state index contributed by atoms with van der Waals surface area (Å²) in [7, 11) is 0. The summed E-state index contributed by atoms with van der Waals surface area (Å²) in [4.78, 5) is 28.5. The van der Waals surface area contributed by atoms with Crippen molar-refractivity contribution in [1.82, 2.24) is 4.90 Å². The molecule has 33 heavy (non-hydrogen) atoms. The standard InChI is InChI=1S/C24H26FN3O5/c1-2-10-27(24(31)33-16-17-6-4-3-5-7-17)18-8-9-20(19(25)13-18)28-11-12-32-22-15-26(23(29)30)14-21(22)28/h2-9,13,21-22H,1,10-12,14-16H2,(H,29,30). The Bertz CT molecular complexity index is 1020. The van der Waals surface area contributed by atoms with Gasteiger partial charge in [-0.1, -0.05) is 36.4 Å². The highest BCUT2D eigenvalue weighted by molar-refractivity contribution is 5.88. The van der Waals surface area contributed by atoms with Crippen molar-refractivity contribution in [2.45, 2.75) is 18.8 Å². The summed E-state index contributed by atoms with van der Waals surface area (Å²) in [6.45, 7) is 5.27. The van der Waals surface area contributed by atoms with Crippen LogP contribution in [0.25, 0.3) is 0 Å². The molecular formula is C24H26FN3O5. The third-order valence-electron chi connectivity index (χ3n) is 5.86. The van der Waals surface area contributed by atoms with Gasteiger partial charge in [0, 0.05) is 19.6 Å². The van der Waals surface area contributed by atoms with E-state index in [1.54, 1.807) is 18.2 Å². The second kappa shape index (κ2) is 9.91. The zero-order valence-electron chi connectivity index (χ0n) is 18.1. The lowest BCUT2D eigenvalue weighted by Gasteiger charge is -2.38. The van der Waals surface area contributed by atoms with E-state index < -0.39 is 18.0 Å². The maximum Gasteiger partial charge on any atom is 0.414 e. The number of hydrogen-bond donors (Lipinski definition) is 1. The van der Waals surface area contributed by atoms with Gasteiger partial charge in [-0.05, 0) is 23.8 Å². The van der Waals surface area contributed by atoms with E-state index in [4.69, 9.17) is 9.47 Å². The lowest BCUT2D eigenvalue weighted by molar-refractivity contribution is 0.0308. The molecular weight excluding hydrogens is 429 g/mol. The fourth-order valence-electron chi connectivity index (χ4n) is 4.25. The molecule has 1 N–H and O–H groups in total. The number of carbonyl (C=O) groups is 2. The van der Waals surface area contributed by atoms with Gasteiger partial charge in [0.05, 0.1) is 36.7 Å². The zero-order valence-corrected chi connectivity index (χ0v) is 18.1. The van der Waals surface area contributed by atoms with E-state index in [1.165, 1.54) is 15.9 Å². The Hall–Kier alpha value is -3.59. The Labute approximate surface area is 191 Å². The predicted molar refractivity (Wildman–Crippen MR) is 121 cm³/mol. The zero-order chi connectivity index (χ0) is 23.4. The maximum absolute atomic E-state index is 15.2. The van der Waals surface area contributed by atoms with E-state index in [0.717, 1.165) is 5.56 Å². The molecule has 0 saturated carbocycles. The van der Waals surface area contributed by atoms with Gasteiger partial charge in [0.15, 0.2) is 0 Å². The highest BCUT2D eigenvalue weighted by atomic mass is 19.1. The highest BCUT2D eigenvalue weighted by Gasteiger charge is 2.42. The van der Waals surface area contributed by atoms with Gasteiger partial charge in [0.1, 0.15) is 12.4 Å². The molecule has 2 amide bonds. The van der Waals surface area contributed by atoms with Crippen molar-refractivity contribution in [2.24, 2.45) is 0 Å². The normalized spacial score (nSPS) is 19.7. The third kappa shape index (κ3) is 4.93. The number of morpholine rings is 1. The Balaban J connectivity index is 1.50. The largest absolute Gasteiger partial charge is 0.465 e. The number of fused-ring (bicyclic) bond motifs is 1. The van der Waals surface area contributed by atoms with Crippen molar-refractivity contribution in [1.29, 1.82) is 0 Å². The Kier molecular flexibility index (Phi) is 6.79. The molecule has 9 heteroatoms. The van der Waals surface area contributed by atoms with E-state index in [1.807, 2.05) is 35.2 Å². The molecule has 0 spiro atoms. The number of benzene rings is 2. The average molecular weight is 455 g/mol. The first-order chi connectivity index (χ1) is 16.0. The minimum absolute atomic E-state index is 0.102. The Morgan fingerprint density at radius 3 is 2.73 bits per heavy atom. The fraction of sp³-hybridized carbons (Fsp3) is 0.333. The molecule has 4 rings (SSSR count). The first-order valence-corrected chi connectivity index (χ1v) is 10.7. The molecule has 0 radical (unpaired) electrons. The number of anilines is 2. The van der Waals surface area contributed by atoms with Crippen LogP contribution in [-0.4, -0.2) is 67.1 Å².